The Bertz CT molecular complexity index is 686. The normalized spacial score (nSPS) is 19.7. The first-order valence-electron chi connectivity index (χ1n) is 8.47. The minimum absolute atomic E-state index is 0.264. The number of carbonyl (C=O) groups is 3. The maximum atomic E-state index is 13.0. The van der Waals surface area contributed by atoms with Gasteiger partial charge in [0, 0.05) is 13.1 Å². The number of carbonyl (C=O) groups excluding carboxylic acids is 3. The summed E-state index contributed by atoms with van der Waals surface area (Å²) in [7, 11) is 0. The maximum absolute atomic E-state index is 13.0. The number of benzene rings is 1. The molecular formula is C19H25N3O3. The Hall–Kier alpha value is -2.63. The van der Waals surface area contributed by atoms with Gasteiger partial charge in [-0.25, -0.2) is 4.79 Å². The summed E-state index contributed by atoms with van der Waals surface area (Å²) in [6, 6.07) is 8.60. The highest BCUT2D eigenvalue weighted by Crippen LogP contribution is 2.32. The van der Waals surface area contributed by atoms with Crippen LogP contribution in [0.2, 0.25) is 0 Å². The van der Waals surface area contributed by atoms with Crippen LogP contribution in [0.1, 0.15) is 32.8 Å². The van der Waals surface area contributed by atoms with Gasteiger partial charge in [-0.3, -0.25) is 14.5 Å². The zero-order valence-electron chi connectivity index (χ0n) is 15.0. The van der Waals surface area contributed by atoms with Gasteiger partial charge in [0.25, 0.3) is 5.91 Å². The fourth-order valence-corrected chi connectivity index (χ4v) is 3.07. The topological polar surface area (TPSA) is 69.7 Å². The monoisotopic (exact) mass is 343 g/mol. The zero-order valence-corrected chi connectivity index (χ0v) is 15.0. The minimum atomic E-state index is -1.11. The van der Waals surface area contributed by atoms with Gasteiger partial charge in [0.1, 0.15) is 12.1 Å². The van der Waals surface area contributed by atoms with Crippen molar-refractivity contribution in [2.24, 2.45) is 0 Å². The van der Waals surface area contributed by atoms with Crippen molar-refractivity contribution in [1.82, 2.24) is 15.1 Å². The van der Waals surface area contributed by atoms with E-state index < -0.39 is 11.6 Å². The summed E-state index contributed by atoms with van der Waals surface area (Å²) >= 11 is 0. The Morgan fingerprint density at radius 2 is 1.88 bits per heavy atom. The molecule has 1 aliphatic heterocycles. The fraction of sp³-hybridized carbons (Fsp3) is 0.421. The van der Waals surface area contributed by atoms with Crippen LogP contribution in [-0.2, 0) is 15.1 Å². The number of hydrogen-bond donors (Lipinski definition) is 1. The Labute approximate surface area is 148 Å². The molecule has 0 spiro atoms. The van der Waals surface area contributed by atoms with E-state index in [-0.39, 0.29) is 18.4 Å². The zero-order chi connectivity index (χ0) is 18.6. The highest BCUT2D eigenvalue weighted by atomic mass is 16.2. The molecule has 1 saturated heterocycles. The third kappa shape index (κ3) is 3.57. The summed E-state index contributed by atoms with van der Waals surface area (Å²) in [5.41, 5.74) is 0.462. The summed E-state index contributed by atoms with van der Waals surface area (Å²) in [6.07, 6.45) is 0.412. The van der Waals surface area contributed by atoms with Crippen LogP contribution in [0.4, 0.5) is 4.79 Å². The molecule has 2 rings (SSSR count). The molecule has 1 aromatic rings. The summed E-state index contributed by atoms with van der Waals surface area (Å²) in [6.45, 7) is 9.98. The first-order valence-corrected chi connectivity index (χ1v) is 8.47. The molecule has 0 saturated carbocycles. The van der Waals surface area contributed by atoms with E-state index in [1.807, 2.05) is 51.1 Å². The molecule has 0 aliphatic carbocycles. The average Bonchev–Trinajstić information content (AvgIpc) is 2.85. The van der Waals surface area contributed by atoms with Crippen LogP contribution in [0.25, 0.3) is 0 Å². The van der Waals surface area contributed by atoms with Crippen LogP contribution in [0.5, 0.6) is 0 Å². The van der Waals surface area contributed by atoms with Gasteiger partial charge >= 0.3 is 6.03 Å². The SMILES string of the molecule is C=C(C)CN(CC)C(=O)CN1C(=O)NC(CC)(c2ccccc2)C1=O. The quantitative estimate of drug-likeness (QED) is 0.610. The Morgan fingerprint density at radius 3 is 2.40 bits per heavy atom. The lowest BCUT2D eigenvalue weighted by molar-refractivity contribution is -0.139. The molecule has 0 bridgehead atoms. The molecule has 1 N–H and O–H groups in total. The molecule has 1 atom stereocenters. The molecular weight excluding hydrogens is 318 g/mol. The van der Waals surface area contributed by atoms with E-state index in [4.69, 9.17) is 0 Å². The van der Waals surface area contributed by atoms with Crippen molar-refractivity contribution in [2.45, 2.75) is 32.7 Å². The van der Waals surface area contributed by atoms with Gasteiger partial charge in [0.2, 0.25) is 5.91 Å². The van der Waals surface area contributed by atoms with Crippen LogP contribution < -0.4 is 5.32 Å². The summed E-state index contributed by atoms with van der Waals surface area (Å²) < 4.78 is 0. The summed E-state index contributed by atoms with van der Waals surface area (Å²) in [5.74, 6) is -0.653. The molecule has 1 heterocycles. The van der Waals surface area contributed by atoms with Crippen LogP contribution in [0.15, 0.2) is 42.5 Å². The summed E-state index contributed by atoms with van der Waals surface area (Å²) in [4.78, 5) is 40.5. The molecule has 6 heteroatoms. The van der Waals surface area contributed by atoms with Crippen LogP contribution >= 0.6 is 0 Å². The summed E-state index contributed by atoms with van der Waals surface area (Å²) in [5, 5.41) is 2.79. The van der Waals surface area contributed by atoms with Gasteiger partial charge in [-0.05, 0) is 25.8 Å². The highest BCUT2D eigenvalue weighted by Gasteiger charge is 2.51. The first kappa shape index (κ1) is 18.7. The van der Waals surface area contributed by atoms with Crippen LogP contribution in [-0.4, -0.2) is 47.3 Å². The molecule has 0 aromatic heterocycles. The molecule has 1 unspecified atom stereocenters. The fourth-order valence-electron chi connectivity index (χ4n) is 3.07. The molecule has 25 heavy (non-hydrogen) atoms. The predicted molar refractivity (Wildman–Crippen MR) is 95.7 cm³/mol. The second-order valence-corrected chi connectivity index (χ2v) is 6.31. The number of hydrogen-bond acceptors (Lipinski definition) is 3. The van der Waals surface area contributed by atoms with E-state index in [1.165, 1.54) is 0 Å². The van der Waals surface area contributed by atoms with Crippen molar-refractivity contribution in [3.63, 3.8) is 0 Å². The Kier molecular flexibility index (Phi) is 5.62. The van der Waals surface area contributed by atoms with Crippen molar-refractivity contribution in [2.75, 3.05) is 19.6 Å². The maximum Gasteiger partial charge on any atom is 0.325 e. The number of urea groups is 1. The van der Waals surface area contributed by atoms with E-state index in [1.54, 1.807) is 4.90 Å². The third-order valence-electron chi connectivity index (χ3n) is 4.46. The number of imide groups is 1. The molecule has 4 amide bonds. The average molecular weight is 343 g/mol. The minimum Gasteiger partial charge on any atom is -0.337 e. The molecule has 134 valence electrons. The van der Waals surface area contributed by atoms with Crippen molar-refractivity contribution in [3.05, 3.63) is 48.0 Å². The van der Waals surface area contributed by atoms with Crippen molar-refractivity contribution < 1.29 is 14.4 Å². The van der Waals surface area contributed by atoms with Gasteiger partial charge in [-0.2, -0.15) is 0 Å². The lowest BCUT2D eigenvalue weighted by Crippen LogP contribution is -2.45. The van der Waals surface area contributed by atoms with Crippen molar-refractivity contribution in [3.8, 4) is 0 Å². The number of likely N-dealkylation sites (N-methyl/N-ethyl adjacent to an activating group) is 1. The number of rotatable bonds is 7. The second kappa shape index (κ2) is 7.51. The lowest BCUT2D eigenvalue weighted by Gasteiger charge is -2.26. The van der Waals surface area contributed by atoms with E-state index in [2.05, 4.69) is 11.9 Å². The number of nitrogens with one attached hydrogen (secondary N) is 1. The largest absolute Gasteiger partial charge is 0.337 e. The smallest absolute Gasteiger partial charge is 0.325 e. The van der Waals surface area contributed by atoms with Crippen LogP contribution in [0.3, 0.4) is 0 Å². The molecule has 1 fully saturated rings. The van der Waals surface area contributed by atoms with Crippen molar-refractivity contribution in [1.29, 1.82) is 0 Å². The molecule has 6 nitrogen and oxygen atoms in total. The molecule has 1 aromatic carbocycles. The highest BCUT2D eigenvalue weighted by molar-refractivity contribution is 6.09. The van der Waals surface area contributed by atoms with Gasteiger partial charge in [0.05, 0.1) is 0 Å². The Balaban J connectivity index is 2.23. The van der Waals surface area contributed by atoms with Crippen molar-refractivity contribution >= 4 is 17.8 Å². The number of nitrogens with zero attached hydrogens (tertiary/aromatic N) is 2. The molecule has 1 aliphatic rings. The van der Waals surface area contributed by atoms with Gasteiger partial charge in [-0.1, -0.05) is 49.4 Å². The second-order valence-electron chi connectivity index (χ2n) is 6.31. The third-order valence-corrected chi connectivity index (χ3v) is 4.46. The van der Waals surface area contributed by atoms with E-state index in [0.29, 0.717) is 19.5 Å². The first-order chi connectivity index (χ1) is 11.9. The van der Waals surface area contributed by atoms with Gasteiger partial charge in [-0.15, -0.1) is 0 Å². The lowest BCUT2D eigenvalue weighted by atomic mass is 9.87. The number of amides is 4. The Morgan fingerprint density at radius 1 is 1.24 bits per heavy atom. The van der Waals surface area contributed by atoms with Gasteiger partial charge < -0.3 is 10.2 Å². The standard InChI is InChI=1S/C19H25N3O3/c1-5-19(15-10-8-7-9-11-15)17(24)22(18(25)20-19)13-16(23)21(6-2)12-14(3)4/h7-11H,3,5-6,12-13H2,1-2,4H3,(H,20,25). The predicted octanol–water partition coefficient (Wildman–Crippen LogP) is 2.27. The van der Waals surface area contributed by atoms with Crippen LogP contribution in [0, 0.1) is 0 Å². The van der Waals surface area contributed by atoms with E-state index in [9.17, 15) is 14.4 Å². The van der Waals surface area contributed by atoms with E-state index >= 15 is 0 Å². The van der Waals surface area contributed by atoms with Gasteiger partial charge in [0.15, 0.2) is 0 Å². The molecule has 0 radical (unpaired) electrons. The van der Waals surface area contributed by atoms with E-state index in [0.717, 1.165) is 16.0 Å².